The van der Waals surface area contributed by atoms with E-state index in [1.165, 1.54) is 10.7 Å². The standard InChI is InChI=1S/C19H18F3N5O/c1-13-3-2-4-14(11-13)15-5-6-27(25-15)17-12-16(26-7-9-28-10-8-26)23-18(24-17)19(20,21)22/h2-6,11-12H,7-10H2,1H3. The van der Waals surface area contributed by atoms with Crippen LogP contribution in [0.2, 0.25) is 0 Å². The van der Waals surface area contributed by atoms with Gasteiger partial charge in [0.2, 0.25) is 5.82 Å². The van der Waals surface area contributed by atoms with Crippen molar-refractivity contribution in [3.8, 4) is 17.1 Å². The fourth-order valence-corrected chi connectivity index (χ4v) is 3.03. The van der Waals surface area contributed by atoms with Gasteiger partial charge in [-0.15, -0.1) is 0 Å². The van der Waals surface area contributed by atoms with Gasteiger partial charge in [0.15, 0.2) is 5.82 Å². The highest BCUT2D eigenvalue weighted by atomic mass is 19.4. The number of rotatable bonds is 3. The van der Waals surface area contributed by atoms with Gasteiger partial charge in [-0.05, 0) is 19.1 Å². The van der Waals surface area contributed by atoms with E-state index in [0.717, 1.165) is 11.1 Å². The van der Waals surface area contributed by atoms with Crippen LogP contribution in [0, 0.1) is 6.92 Å². The molecule has 1 aliphatic rings. The molecule has 1 aromatic carbocycles. The molecule has 0 amide bonds. The van der Waals surface area contributed by atoms with Crippen LogP contribution < -0.4 is 4.90 Å². The normalized spacial score (nSPS) is 15.1. The van der Waals surface area contributed by atoms with Crippen LogP contribution in [0.25, 0.3) is 17.1 Å². The van der Waals surface area contributed by atoms with Gasteiger partial charge < -0.3 is 9.64 Å². The third-order valence-electron chi connectivity index (χ3n) is 4.43. The van der Waals surface area contributed by atoms with E-state index in [1.54, 1.807) is 17.2 Å². The van der Waals surface area contributed by atoms with Crippen LogP contribution in [0.3, 0.4) is 0 Å². The zero-order valence-corrected chi connectivity index (χ0v) is 15.1. The molecule has 0 unspecified atom stereocenters. The van der Waals surface area contributed by atoms with Crippen molar-refractivity contribution in [1.29, 1.82) is 0 Å². The molecule has 1 fully saturated rings. The molecule has 0 spiro atoms. The number of nitrogens with zero attached hydrogens (tertiary/aromatic N) is 5. The number of hydrogen-bond donors (Lipinski definition) is 0. The molecule has 3 aromatic rings. The van der Waals surface area contributed by atoms with Crippen LogP contribution in [-0.4, -0.2) is 46.1 Å². The van der Waals surface area contributed by atoms with E-state index >= 15 is 0 Å². The number of hydrogen-bond acceptors (Lipinski definition) is 5. The second kappa shape index (κ2) is 7.23. The summed E-state index contributed by atoms with van der Waals surface area (Å²) in [6.07, 6.45) is -3.05. The fourth-order valence-electron chi connectivity index (χ4n) is 3.03. The number of alkyl halides is 3. The first-order chi connectivity index (χ1) is 13.4. The minimum Gasteiger partial charge on any atom is -0.378 e. The fraction of sp³-hybridized carbons (Fsp3) is 0.316. The van der Waals surface area contributed by atoms with Crippen LogP contribution in [-0.2, 0) is 10.9 Å². The summed E-state index contributed by atoms with van der Waals surface area (Å²) in [7, 11) is 0. The lowest BCUT2D eigenvalue weighted by molar-refractivity contribution is -0.144. The van der Waals surface area contributed by atoms with Gasteiger partial charge in [0.05, 0.1) is 18.9 Å². The maximum absolute atomic E-state index is 13.3. The van der Waals surface area contributed by atoms with Crippen LogP contribution in [0.15, 0.2) is 42.6 Å². The summed E-state index contributed by atoms with van der Waals surface area (Å²) in [4.78, 5) is 9.18. The van der Waals surface area contributed by atoms with Crippen LogP contribution >= 0.6 is 0 Å². The predicted molar refractivity (Wildman–Crippen MR) is 97.4 cm³/mol. The number of halogens is 3. The van der Waals surface area contributed by atoms with E-state index in [4.69, 9.17) is 4.74 Å². The van der Waals surface area contributed by atoms with Gasteiger partial charge >= 0.3 is 6.18 Å². The third-order valence-corrected chi connectivity index (χ3v) is 4.43. The highest BCUT2D eigenvalue weighted by molar-refractivity contribution is 5.60. The van der Waals surface area contributed by atoms with Crippen molar-refractivity contribution in [2.24, 2.45) is 0 Å². The molecule has 2 aromatic heterocycles. The van der Waals surface area contributed by atoms with Crippen molar-refractivity contribution in [3.63, 3.8) is 0 Å². The first-order valence-electron chi connectivity index (χ1n) is 8.82. The number of aromatic nitrogens is 4. The smallest absolute Gasteiger partial charge is 0.378 e. The minimum absolute atomic E-state index is 0.0720. The SMILES string of the molecule is Cc1cccc(-c2ccn(-c3cc(N4CCOCC4)nc(C(F)(F)F)n3)n2)c1. The second-order valence-corrected chi connectivity index (χ2v) is 6.52. The Morgan fingerprint density at radius 2 is 1.75 bits per heavy atom. The lowest BCUT2D eigenvalue weighted by Crippen LogP contribution is -2.37. The van der Waals surface area contributed by atoms with Gasteiger partial charge in [-0.25, -0.2) is 14.6 Å². The van der Waals surface area contributed by atoms with Gasteiger partial charge in [-0.2, -0.15) is 18.3 Å². The van der Waals surface area contributed by atoms with Gasteiger partial charge in [0.1, 0.15) is 5.82 Å². The van der Waals surface area contributed by atoms with Crippen molar-refractivity contribution >= 4 is 5.82 Å². The topological polar surface area (TPSA) is 56.1 Å². The molecule has 1 aliphatic heterocycles. The number of ether oxygens (including phenoxy) is 1. The zero-order chi connectivity index (χ0) is 19.7. The summed E-state index contributed by atoms with van der Waals surface area (Å²) in [5.41, 5.74) is 2.61. The summed E-state index contributed by atoms with van der Waals surface area (Å²) in [5.74, 6) is -0.893. The second-order valence-electron chi connectivity index (χ2n) is 6.52. The Kier molecular flexibility index (Phi) is 4.76. The summed E-state index contributed by atoms with van der Waals surface area (Å²) >= 11 is 0. The Morgan fingerprint density at radius 1 is 1.00 bits per heavy atom. The summed E-state index contributed by atoms with van der Waals surface area (Å²) in [5, 5.41) is 4.42. The van der Waals surface area contributed by atoms with Crippen LogP contribution in [0.1, 0.15) is 11.4 Å². The highest BCUT2D eigenvalue weighted by Gasteiger charge is 2.36. The highest BCUT2D eigenvalue weighted by Crippen LogP contribution is 2.29. The molecule has 0 atom stereocenters. The largest absolute Gasteiger partial charge is 0.451 e. The lowest BCUT2D eigenvalue weighted by Gasteiger charge is -2.28. The molecule has 0 aliphatic carbocycles. The van der Waals surface area contributed by atoms with Crippen LogP contribution in [0.4, 0.5) is 19.0 Å². The van der Waals surface area contributed by atoms with Crippen molar-refractivity contribution in [2.45, 2.75) is 13.1 Å². The van der Waals surface area contributed by atoms with Crippen molar-refractivity contribution in [2.75, 3.05) is 31.2 Å². The minimum atomic E-state index is -4.65. The van der Waals surface area contributed by atoms with E-state index in [2.05, 4.69) is 15.1 Å². The molecule has 4 rings (SSSR count). The maximum atomic E-state index is 13.3. The zero-order valence-electron chi connectivity index (χ0n) is 15.1. The maximum Gasteiger partial charge on any atom is 0.451 e. The molecule has 0 bridgehead atoms. The predicted octanol–water partition coefficient (Wildman–Crippen LogP) is 3.49. The number of benzene rings is 1. The Hall–Kier alpha value is -2.94. The first kappa shape index (κ1) is 18.4. The molecule has 3 heterocycles. The van der Waals surface area contributed by atoms with Crippen molar-refractivity contribution in [1.82, 2.24) is 19.7 Å². The van der Waals surface area contributed by atoms with E-state index in [-0.39, 0.29) is 11.6 Å². The number of morpholine rings is 1. The molecule has 0 radical (unpaired) electrons. The molecular formula is C19H18F3N5O. The van der Waals surface area contributed by atoms with Crippen LogP contribution in [0.5, 0.6) is 0 Å². The van der Waals surface area contributed by atoms with E-state index < -0.39 is 12.0 Å². The van der Waals surface area contributed by atoms with Gasteiger partial charge in [0, 0.05) is 30.9 Å². The molecule has 6 nitrogen and oxygen atoms in total. The quantitative estimate of drug-likeness (QED) is 0.686. The van der Waals surface area contributed by atoms with Gasteiger partial charge in [-0.3, -0.25) is 0 Å². The molecule has 1 saturated heterocycles. The Labute approximate surface area is 159 Å². The molecule has 28 heavy (non-hydrogen) atoms. The average Bonchev–Trinajstić information content (AvgIpc) is 3.18. The average molecular weight is 389 g/mol. The first-order valence-corrected chi connectivity index (χ1v) is 8.82. The number of aryl methyl sites for hydroxylation is 1. The van der Waals surface area contributed by atoms with Gasteiger partial charge in [-0.1, -0.05) is 23.8 Å². The van der Waals surface area contributed by atoms with Crippen molar-refractivity contribution in [3.05, 3.63) is 54.0 Å². The molecule has 146 valence electrons. The molecule has 0 saturated carbocycles. The third kappa shape index (κ3) is 3.84. The molecule has 9 heteroatoms. The molecule has 0 N–H and O–H groups in total. The van der Waals surface area contributed by atoms with E-state index in [1.807, 2.05) is 31.2 Å². The Balaban J connectivity index is 1.74. The summed E-state index contributed by atoms with van der Waals surface area (Å²) in [6.45, 7) is 3.80. The number of anilines is 1. The van der Waals surface area contributed by atoms with Crippen molar-refractivity contribution < 1.29 is 17.9 Å². The summed E-state index contributed by atoms with van der Waals surface area (Å²) < 4.78 is 46.7. The Bertz CT molecular complexity index is 980. The Morgan fingerprint density at radius 3 is 2.46 bits per heavy atom. The van der Waals surface area contributed by atoms with E-state index in [9.17, 15) is 13.2 Å². The van der Waals surface area contributed by atoms with E-state index in [0.29, 0.717) is 32.0 Å². The summed E-state index contributed by atoms with van der Waals surface area (Å²) in [6, 6.07) is 11.0. The van der Waals surface area contributed by atoms with Gasteiger partial charge in [0.25, 0.3) is 0 Å². The lowest BCUT2D eigenvalue weighted by atomic mass is 10.1. The monoisotopic (exact) mass is 389 g/mol. The molecular weight excluding hydrogens is 371 g/mol.